The summed E-state index contributed by atoms with van der Waals surface area (Å²) in [6.45, 7) is -0.250. The summed E-state index contributed by atoms with van der Waals surface area (Å²) in [4.78, 5) is 8.56. The van der Waals surface area contributed by atoms with Crippen LogP contribution in [0, 0.1) is 0 Å². The minimum atomic E-state index is -1.83. The molecule has 52 valence electrons. The van der Waals surface area contributed by atoms with Crippen molar-refractivity contribution in [3.05, 3.63) is 0 Å². The minimum absolute atomic E-state index is 0. The predicted molar refractivity (Wildman–Crippen MR) is 25.9 cm³/mol. The summed E-state index contributed by atoms with van der Waals surface area (Å²) in [6, 6.07) is 0. The van der Waals surface area contributed by atoms with Crippen molar-refractivity contribution in [2.24, 2.45) is 0 Å². The average Bonchev–Trinajstić information content (AvgIpc) is 1.65. The van der Waals surface area contributed by atoms with Gasteiger partial charge in [0.1, 0.15) is 0 Å². The van der Waals surface area contributed by atoms with Gasteiger partial charge in [0.05, 0.1) is 13.2 Å². The molecule has 0 atom stereocenters. The fourth-order valence-electron chi connectivity index (χ4n) is 0. The Morgan fingerprint density at radius 2 is 1.33 bits per heavy atom. The zero-order chi connectivity index (χ0) is 6.99. The molecule has 0 spiro atoms. The summed E-state index contributed by atoms with van der Waals surface area (Å²) < 4.78 is 0. The van der Waals surface area contributed by atoms with Crippen LogP contribution in [-0.2, 0) is 0 Å². The van der Waals surface area contributed by atoms with E-state index in [1.807, 2.05) is 0 Å². The molecule has 0 unspecified atom stereocenters. The molecule has 6 heteroatoms. The van der Waals surface area contributed by atoms with Gasteiger partial charge in [0.2, 0.25) is 0 Å². The summed E-state index contributed by atoms with van der Waals surface area (Å²) in [5.41, 5.74) is 0. The van der Waals surface area contributed by atoms with Gasteiger partial charge in [-0.2, -0.15) is 0 Å². The van der Waals surface area contributed by atoms with Crippen molar-refractivity contribution >= 4 is 6.16 Å². The van der Waals surface area contributed by atoms with Crippen LogP contribution in [0.1, 0.15) is 1.43 Å². The van der Waals surface area contributed by atoms with Gasteiger partial charge in [0, 0.05) is 0 Å². The number of aliphatic hydroxyl groups excluding tert-OH is 2. The molecular weight excluding hydrogens is 123 g/mol. The van der Waals surface area contributed by atoms with E-state index in [0.717, 1.165) is 0 Å². The number of carbonyl (C=O) groups is 1. The van der Waals surface area contributed by atoms with E-state index >= 15 is 0 Å². The van der Waals surface area contributed by atoms with E-state index in [4.69, 9.17) is 25.2 Å². The molecule has 0 aromatic rings. The third kappa shape index (κ3) is 421. The number of rotatable bonds is 1. The molecule has 0 amide bonds. The molecular formula is C3H9LiO5. The van der Waals surface area contributed by atoms with Crippen LogP contribution in [-0.4, -0.2) is 39.8 Å². The van der Waals surface area contributed by atoms with Crippen LogP contribution in [0.2, 0.25) is 0 Å². The Morgan fingerprint density at radius 3 is 1.33 bits per heavy atom. The van der Waals surface area contributed by atoms with Crippen LogP contribution in [0.25, 0.3) is 0 Å². The molecule has 9 heavy (non-hydrogen) atoms. The second-order valence-electron chi connectivity index (χ2n) is 0.730. The first-order valence-corrected chi connectivity index (χ1v) is 1.78. The molecule has 5 nitrogen and oxygen atoms in total. The first-order valence-electron chi connectivity index (χ1n) is 1.78. The predicted octanol–water partition coefficient (Wildman–Crippen LogP) is -3.69. The molecule has 0 aliphatic carbocycles. The Kier molecular flexibility index (Phi) is 27.7. The Morgan fingerprint density at radius 1 is 1.22 bits per heavy atom. The van der Waals surface area contributed by atoms with Crippen molar-refractivity contribution in [1.82, 2.24) is 0 Å². The van der Waals surface area contributed by atoms with Crippen LogP contribution >= 0.6 is 0 Å². The van der Waals surface area contributed by atoms with Crippen LogP contribution < -0.4 is 18.9 Å². The van der Waals surface area contributed by atoms with Gasteiger partial charge in [0.25, 0.3) is 0 Å². The molecule has 0 saturated heterocycles. The standard InChI is InChI=1S/C2H6O2.CH2O3.Li.H/c3-1-2-4;2-1(3)4;;/h3-4H,1-2H2;(H2,2,3,4);;/q;;+1;-1. The second kappa shape index (κ2) is 15.7. The van der Waals surface area contributed by atoms with E-state index in [-0.39, 0.29) is 33.5 Å². The maximum atomic E-state index is 8.56. The van der Waals surface area contributed by atoms with Gasteiger partial charge in [0.15, 0.2) is 0 Å². The quantitative estimate of drug-likeness (QED) is 0.275. The maximum Gasteiger partial charge on any atom is 1.00 e. The third-order valence-corrected chi connectivity index (χ3v) is 0.1000. The first-order chi connectivity index (χ1) is 3.65. The third-order valence-electron chi connectivity index (χ3n) is 0.1000. The van der Waals surface area contributed by atoms with E-state index in [9.17, 15) is 0 Å². The van der Waals surface area contributed by atoms with Gasteiger partial charge in [-0.3, -0.25) is 0 Å². The monoisotopic (exact) mass is 132 g/mol. The molecule has 4 N–H and O–H groups in total. The zero-order valence-electron chi connectivity index (χ0n) is 6.11. The Bertz CT molecular complexity index is 54.9. The normalized spacial score (nSPS) is 6.00. The maximum absolute atomic E-state index is 8.56. The zero-order valence-corrected chi connectivity index (χ0v) is 5.11. The van der Waals surface area contributed by atoms with Crippen LogP contribution in [0.15, 0.2) is 0 Å². The smallest absolute Gasteiger partial charge is 1.00 e. The van der Waals surface area contributed by atoms with E-state index in [1.165, 1.54) is 0 Å². The number of hydrogen-bond donors (Lipinski definition) is 4. The fraction of sp³-hybridized carbons (Fsp3) is 0.667. The van der Waals surface area contributed by atoms with Gasteiger partial charge in [-0.05, 0) is 0 Å². The van der Waals surface area contributed by atoms with Crippen LogP contribution in [0.3, 0.4) is 0 Å². The molecule has 0 fully saturated rings. The Labute approximate surface area is 65.6 Å². The summed E-state index contributed by atoms with van der Waals surface area (Å²) >= 11 is 0. The summed E-state index contributed by atoms with van der Waals surface area (Å²) in [5.74, 6) is 0. The van der Waals surface area contributed by atoms with Crippen molar-refractivity contribution in [1.29, 1.82) is 0 Å². The molecule has 0 heterocycles. The summed E-state index contributed by atoms with van der Waals surface area (Å²) in [6.07, 6.45) is -1.83. The van der Waals surface area contributed by atoms with E-state index in [1.54, 1.807) is 0 Å². The van der Waals surface area contributed by atoms with Crippen molar-refractivity contribution in [2.75, 3.05) is 13.2 Å². The van der Waals surface area contributed by atoms with Crippen LogP contribution in [0.4, 0.5) is 4.79 Å². The number of hydrogen-bond acceptors (Lipinski definition) is 3. The van der Waals surface area contributed by atoms with Gasteiger partial charge in [-0.25, -0.2) is 4.79 Å². The Balaban J connectivity index is -0.0000000300. The van der Waals surface area contributed by atoms with E-state index in [2.05, 4.69) is 0 Å². The summed E-state index contributed by atoms with van der Waals surface area (Å²) in [5, 5.41) is 29.2. The second-order valence-corrected chi connectivity index (χ2v) is 0.730. The molecule has 0 bridgehead atoms. The molecule has 0 aliphatic heterocycles. The molecule has 0 aromatic carbocycles. The molecule has 0 aromatic heterocycles. The number of aliphatic hydroxyl groups is 2. The van der Waals surface area contributed by atoms with E-state index in [0.29, 0.717) is 0 Å². The van der Waals surface area contributed by atoms with Crippen LogP contribution in [0.5, 0.6) is 0 Å². The van der Waals surface area contributed by atoms with Crippen molar-refractivity contribution in [3.8, 4) is 0 Å². The topological polar surface area (TPSA) is 98.0 Å². The molecule has 0 aliphatic rings. The van der Waals surface area contributed by atoms with Gasteiger partial charge >= 0.3 is 25.0 Å². The Hall–Kier alpha value is -0.213. The average molecular weight is 132 g/mol. The molecule has 0 rings (SSSR count). The van der Waals surface area contributed by atoms with Crippen molar-refractivity contribution < 1.29 is 45.5 Å². The van der Waals surface area contributed by atoms with Gasteiger partial charge in [-0.1, -0.05) is 0 Å². The largest absolute Gasteiger partial charge is 1.00 e. The van der Waals surface area contributed by atoms with Gasteiger partial charge in [-0.15, -0.1) is 0 Å². The van der Waals surface area contributed by atoms with E-state index < -0.39 is 6.16 Å². The van der Waals surface area contributed by atoms with Gasteiger partial charge < -0.3 is 21.9 Å². The minimum Gasteiger partial charge on any atom is -1.00 e. The van der Waals surface area contributed by atoms with Crippen molar-refractivity contribution in [3.63, 3.8) is 0 Å². The fourth-order valence-corrected chi connectivity index (χ4v) is 0. The SMILES string of the molecule is O=C(O)O.OCCO.[H-].[Li+]. The molecule has 0 saturated carbocycles. The molecule has 0 radical (unpaired) electrons. The number of carboxylic acid groups (broad SMARTS) is 2. The first kappa shape index (κ1) is 15.9. The van der Waals surface area contributed by atoms with Crippen molar-refractivity contribution in [2.45, 2.75) is 0 Å². The summed E-state index contributed by atoms with van der Waals surface area (Å²) in [7, 11) is 0.